The maximum absolute atomic E-state index is 12.9. The number of halogens is 1. The van der Waals surface area contributed by atoms with Gasteiger partial charge in [-0.15, -0.1) is 0 Å². The maximum Gasteiger partial charge on any atom is 0.256 e. The zero-order chi connectivity index (χ0) is 17.1. The van der Waals surface area contributed by atoms with Gasteiger partial charge in [0, 0.05) is 17.3 Å². The lowest BCUT2D eigenvalue weighted by molar-refractivity contribution is 0.102. The number of amides is 1. The largest absolute Gasteiger partial charge is 0.305 e. The van der Waals surface area contributed by atoms with E-state index in [2.05, 4.69) is 16.5 Å². The zero-order valence-corrected chi connectivity index (χ0v) is 13.6. The smallest absolute Gasteiger partial charge is 0.256 e. The lowest BCUT2D eigenvalue weighted by atomic mass is 10.1. The highest BCUT2D eigenvalue weighted by Crippen LogP contribution is 2.14. The van der Waals surface area contributed by atoms with Crippen molar-refractivity contribution in [3.63, 3.8) is 0 Å². The van der Waals surface area contributed by atoms with Gasteiger partial charge < -0.3 is 5.32 Å². The van der Waals surface area contributed by atoms with Gasteiger partial charge in [0.05, 0.1) is 6.54 Å². The van der Waals surface area contributed by atoms with Gasteiger partial charge in [-0.05, 0) is 43.7 Å². The second-order valence-electron chi connectivity index (χ2n) is 5.78. The van der Waals surface area contributed by atoms with E-state index in [9.17, 15) is 9.18 Å². The number of nitrogens with zero attached hydrogens (tertiary/aromatic N) is 2. The summed E-state index contributed by atoms with van der Waals surface area (Å²) in [5.74, 6) is -0.200. The zero-order valence-electron chi connectivity index (χ0n) is 13.6. The van der Waals surface area contributed by atoms with Crippen LogP contribution in [0.3, 0.4) is 0 Å². The van der Waals surface area contributed by atoms with Crippen molar-refractivity contribution in [1.82, 2.24) is 9.78 Å². The molecule has 0 radical (unpaired) electrons. The van der Waals surface area contributed by atoms with E-state index in [1.807, 2.05) is 42.8 Å². The first-order chi connectivity index (χ1) is 11.5. The summed E-state index contributed by atoms with van der Waals surface area (Å²) in [5, 5.41) is 7.17. The molecule has 0 aliphatic rings. The summed E-state index contributed by atoms with van der Waals surface area (Å²) in [6.07, 6.45) is 0. The van der Waals surface area contributed by atoms with Gasteiger partial charge in [0.1, 0.15) is 5.82 Å². The number of carbonyl (C=O) groups is 1. The molecule has 2 aromatic carbocycles. The van der Waals surface area contributed by atoms with E-state index in [1.165, 1.54) is 29.8 Å². The first kappa shape index (κ1) is 15.9. The van der Waals surface area contributed by atoms with Crippen LogP contribution in [-0.2, 0) is 6.54 Å². The second-order valence-corrected chi connectivity index (χ2v) is 5.78. The average molecular weight is 323 g/mol. The Morgan fingerprint density at radius 3 is 2.58 bits per heavy atom. The molecule has 1 N–H and O–H groups in total. The minimum Gasteiger partial charge on any atom is -0.305 e. The predicted octanol–water partition coefficient (Wildman–Crippen LogP) is 3.94. The fourth-order valence-electron chi connectivity index (χ4n) is 2.50. The number of benzene rings is 2. The molecule has 5 heteroatoms. The van der Waals surface area contributed by atoms with Crippen LogP contribution in [0.5, 0.6) is 0 Å². The summed E-state index contributed by atoms with van der Waals surface area (Å²) in [6.45, 7) is 4.63. The fraction of sp³-hybridized carbons (Fsp3) is 0.158. The minimum absolute atomic E-state index is 0.310. The quantitative estimate of drug-likeness (QED) is 0.790. The summed E-state index contributed by atoms with van der Waals surface area (Å²) >= 11 is 0. The van der Waals surface area contributed by atoms with Crippen LogP contribution in [0.4, 0.5) is 10.2 Å². The predicted molar refractivity (Wildman–Crippen MR) is 91.6 cm³/mol. The molecule has 1 amide bonds. The van der Waals surface area contributed by atoms with E-state index in [4.69, 9.17) is 0 Å². The van der Waals surface area contributed by atoms with E-state index in [1.54, 1.807) is 0 Å². The third kappa shape index (κ3) is 3.68. The van der Waals surface area contributed by atoms with Gasteiger partial charge in [-0.25, -0.2) is 4.39 Å². The summed E-state index contributed by atoms with van der Waals surface area (Å²) in [6, 6.07) is 15.4. The molecular formula is C19H18FN3O. The topological polar surface area (TPSA) is 46.9 Å². The van der Waals surface area contributed by atoms with E-state index >= 15 is 0 Å². The fourth-order valence-corrected chi connectivity index (χ4v) is 2.50. The molecule has 122 valence electrons. The molecule has 3 aromatic rings. The van der Waals surface area contributed by atoms with Gasteiger partial charge in [-0.1, -0.05) is 29.8 Å². The Labute approximate surface area is 139 Å². The Bertz CT molecular complexity index is 869. The Morgan fingerprint density at radius 2 is 1.88 bits per heavy atom. The van der Waals surface area contributed by atoms with Crippen molar-refractivity contribution in [3.05, 3.63) is 82.8 Å². The summed E-state index contributed by atoms with van der Waals surface area (Å²) < 4.78 is 14.8. The van der Waals surface area contributed by atoms with Crippen molar-refractivity contribution in [2.75, 3.05) is 5.32 Å². The highest BCUT2D eigenvalue weighted by Gasteiger charge is 2.10. The Hall–Kier alpha value is -2.95. The normalized spacial score (nSPS) is 10.6. The lowest BCUT2D eigenvalue weighted by Gasteiger charge is -2.05. The Balaban J connectivity index is 1.74. The first-order valence-corrected chi connectivity index (χ1v) is 7.68. The van der Waals surface area contributed by atoms with Crippen LogP contribution in [0.1, 0.15) is 27.2 Å². The number of hydrogen-bond donors (Lipinski definition) is 1. The summed E-state index contributed by atoms with van der Waals surface area (Å²) in [5.41, 5.74) is 3.69. The van der Waals surface area contributed by atoms with E-state index in [0.717, 1.165) is 11.3 Å². The molecule has 1 aromatic heterocycles. The molecule has 0 atom stereocenters. The maximum atomic E-state index is 12.9. The van der Waals surface area contributed by atoms with Crippen molar-refractivity contribution in [1.29, 1.82) is 0 Å². The second kappa shape index (κ2) is 6.66. The average Bonchev–Trinajstić information content (AvgIpc) is 2.87. The van der Waals surface area contributed by atoms with Crippen LogP contribution in [0.15, 0.2) is 54.6 Å². The molecule has 3 rings (SSSR count). The Kier molecular flexibility index (Phi) is 4.42. The van der Waals surface area contributed by atoms with Crippen molar-refractivity contribution >= 4 is 11.7 Å². The highest BCUT2D eigenvalue weighted by atomic mass is 19.1. The third-order valence-electron chi connectivity index (χ3n) is 3.74. The molecule has 0 aliphatic carbocycles. The van der Waals surface area contributed by atoms with Gasteiger partial charge in [0.15, 0.2) is 5.82 Å². The molecule has 1 heterocycles. The SMILES string of the molecule is Cc1cccc(Cn2nc(NC(=O)c3ccc(F)cc3)cc2C)c1. The molecule has 0 saturated heterocycles. The van der Waals surface area contributed by atoms with Crippen molar-refractivity contribution in [3.8, 4) is 0 Å². The van der Waals surface area contributed by atoms with Crippen molar-refractivity contribution in [2.24, 2.45) is 0 Å². The minimum atomic E-state index is -0.371. The number of nitrogens with one attached hydrogen (secondary N) is 1. The van der Waals surface area contributed by atoms with Crippen molar-refractivity contribution < 1.29 is 9.18 Å². The summed E-state index contributed by atoms with van der Waals surface area (Å²) in [4.78, 5) is 12.2. The number of carbonyl (C=O) groups excluding carboxylic acids is 1. The van der Waals surface area contributed by atoms with E-state index < -0.39 is 0 Å². The molecule has 0 unspecified atom stereocenters. The Morgan fingerprint density at radius 1 is 1.12 bits per heavy atom. The van der Waals surface area contributed by atoms with Crippen molar-refractivity contribution in [2.45, 2.75) is 20.4 Å². The molecule has 0 fully saturated rings. The highest BCUT2D eigenvalue weighted by molar-refractivity contribution is 6.03. The van der Waals surface area contributed by atoms with E-state index in [-0.39, 0.29) is 11.7 Å². The number of aromatic nitrogens is 2. The van der Waals surface area contributed by atoms with Gasteiger partial charge in [-0.3, -0.25) is 9.48 Å². The molecule has 0 aliphatic heterocycles. The van der Waals surface area contributed by atoms with Gasteiger partial charge in [0.25, 0.3) is 5.91 Å². The van der Waals surface area contributed by atoms with Gasteiger partial charge >= 0.3 is 0 Å². The first-order valence-electron chi connectivity index (χ1n) is 7.68. The standard InChI is InChI=1S/C19H18FN3O/c1-13-4-3-5-15(10-13)12-23-14(2)11-18(22-23)21-19(24)16-6-8-17(20)9-7-16/h3-11H,12H2,1-2H3,(H,21,22,24). The van der Waals surface area contributed by atoms with Crippen LogP contribution in [0, 0.1) is 19.7 Å². The van der Waals surface area contributed by atoms with E-state index in [0.29, 0.717) is 17.9 Å². The van der Waals surface area contributed by atoms with Crippen LogP contribution in [0.2, 0.25) is 0 Å². The van der Waals surface area contributed by atoms with Crippen LogP contribution in [-0.4, -0.2) is 15.7 Å². The van der Waals surface area contributed by atoms with Gasteiger partial charge in [-0.2, -0.15) is 5.10 Å². The third-order valence-corrected chi connectivity index (χ3v) is 3.74. The molecule has 4 nitrogen and oxygen atoms in total. The number of rotatable bonds is 4. The monoisotopic (exact) mass is 323 g/mol. The van der Waals surface area contributed by atoms with Gasteiger partial charge in [0.2, 0.25) is 0 Å². The van der Waals surface area contributed by atoms with Crippen LogP contribution >= 0.6 is 0 Å². The number of hydrogen-bond acceptors (Lipinski definition) is 2. The molecule has 0 spiro atoms. The molecule has 24 heavy (non-hydrogen) atoms. The lowest BCUT2D eigenvalue weighted by Crippen LogP contribution is -2.13. The summed E-state index contributed by atoms with van der Waals surface area (Å²) in [7, 11) is 0. The molecule has 0 saturated carbocycles. The number of anilines is 1. The van der Waals surface area contributed by atoms with Crippen LogP contribution < -0.4 is 5.32 Å². The molecule has 0 bridgehead atoms. The molecular weight excluding hydrogens is 305 g/mol. The number of aryl methyl sites for hydroxylation is 2. The van der Waals surface area contributed by atoms with Crippen LogP contribution in [0.25, 0.3) is 0 Å².